The van der Waals surface area contributed by atoms with Crippen LogP contribution in [0, 0.1) is 0 Å². The summed E-state index contributed by atoms with van der Waals surface area (Å²) in [7, 11) is 3.12. The van der Waals surface area contributed by atoms with Crippen LogP contribution in [0.5, 0.6) is 11.5 Å². The van der Waals surface area contributed by atoms with Gasteiger partial charge >= 0.3 is 5.97 Å². The first-order valence-electron chi connectivity index (χ1n) is 10.4. The highest BCUT2D eigenvalue weighted by Crippen LogP contribution is 2.34. The van der Waals surface area contributed by atoms with E-state index in [-0.39, 0.29) is 19.1 Å². The van der Waals surface area contributed by atoms with Crippen molar-refractivity contribution in [3.63, 3.8) is 0 Å². The first-order valence-corrected chi connectivity index (χ1v) is 11.3. The highest BCUT2D eigenvalue weighted by atomic mass is 32.1. The molecule has 0 saturated carbocycles. The Bertz CT molecular complexity index is 1120. The van der Waals surface area contributed by atoms with Crippen molar-refractivity contribution >= 4 is 28.9 Å². The molecule has 9 heteroatoms. The number of hydrogen-bond acceptors (Lipinski definition) is 8. The Morgan fingerprint density at radius 3 is 2.70 bits per heavy atom. The average Bonchev–Trinajstić information content (AvgIpc) is 3.61. The number of furan rings is 1. The number of hydrazone groups is 1. The lowest BCUT2D eigenvalue weighted by Crippen LogP contribution is -2.31. The third kappa shape index (κ3) is 5.25. The summed E-state index contributed by atoms with van der Waals surface area (Å²) in [5, 5.41) is 7.83. The Morgan fingerprint density at radius 2 is 2.00 bits per heavy atom. The first-order chi connectivity index (χ1) is 16.1. The van der Waals surface area contributed by atoms with Gasteiger partial charge in [0, 0.05) is 12.8 Å². The Balaban J connectivity index is 1.35. The molecular formula is C24H24N2O6S. The molecule has 0 spiro atoms. The molecule has 0 radical (unpaired) electrons. The number of esters is 1. The monoisotopic (exact) mass is 468 g/mol. The molecule has 172 valence electrons. The second-order valence-electron chi connectivity index (χ2n) is 7.35. The summed E-state index contributed by atoms with van der Waals surface area (Å²) in [6.45, 7) is -0.386. The Labute approximate surface area is 195 Å². The van der Waals surface area contributed by atoms with Crippen molar-refractivity contribution in [2.75, 3.05) is 20.8 Å². The minimum Gasteiger partial charge on any atom is -0.493 e. The molecule has 1 aromatic carbocycles. The lowest BCUT2D eigenvalue weighted by atomic mass is 10.1. The number of nitrogens with zero attached hydrogens (tertiary/aromatic N) is 2. The van der Waals surface area contributed by atoms with Crippen LogP contribution in [0.1, 0.15) is 35.1 Å². The standard InChI is InChI=1S/C24H24N2O6S/c1-29-20-9-7-16(13-21(20)30-2)8-10-24(28)32-15-23(27)26-18(19-5-3-11-31-19)14-17(25-26)22-6-4-12-33-22/h3-7,9,11-13,18H,8,10,14-15H2,1-2H3. The highest BCUT2D eigenvalue weighted by molar-refractivity contribution is 7.12. The van der Waals surface area contributed by atoms with Gasteiger partial charge in [0.2, 0.25) is 0 Å². The van der Waals surface area contributed by atoms with Crippen LogP contribution in [0.25, 0.3) is 0 Å². The summed E-state index contributed by atoms with van der Waals surface area (Å²) in [5.41, 5.74) is 1.71. The van der Waals surface area contributed by atoms with Gasteiger partial charge < -0.3 is 18.6 Å². The molecule has 3 heterocycles. The first kappa shape index (κ1) is 22.6. The van der Waals surface area contributed by atoms with Crippen LogP contribution < -0.4 is 9.47 Å². The minimum absolute atomic E-state index is 0.133. The predicted molar refractivity (Wildman–Crippen MR) is 123 cm³/mol. The minimum atomic E-state index is -0.464. The SMILES string of the molecule is COc1ccc(CCC(=O)OCC(=O)N2N=C(c3cccs3)CC2c2ccco2)cc1OC. The second kappa shape index (κ2) is 10.4. The van der Waals surface area contributed by atoms with Crippen LogP contribution in [0.2, 0.25) is 0 Å². The lowest BCUT2D eigenvalue weighted by Gasteiger charge is -2.19. The molecule has 2 aromatic heterocycles. The zero-order chi connectivity index (χ0) is 23.2. The van der Waals surface area contributed by atoms with E-state index in [0.29, 0.717) is 30.1 Å². The third-order valence-electron chi connectivity index (χ3n) is 5.27. The molecule has 1 unspecified atom stereocenters. The summed E-state index contributed by atoms with van der Waals surface area (Å²) in [6, 6.07) is 12.6. The number of amides is 1. The van der Waals surface area contributed by atoms with Gasteiger partial charge in [-0.15, -0.1) is 11.3 Å². The van der Waals surface area contributed by atoms with Crippen LogP contribution in [0.3, 0.4) is 0 Å². The van der Waals surface area contributed by atoms with Crippen molar-refractivity contribution in [2.24, 2.45) is 5.10 Å². The molecule has 1 amide bonds. The predicted octanol–water partition coefficient (Wildman–Crippen LogP) is 4.21. The van der Waals surface area contributed by atoms with Crippen LogP contribution in [-0.4, -0.2) is 43.4 Å². The summed E-state index contributed by atoms with van der Waals surface area (Å²) in [6.07, 6.45) is 2.68. The maximum absolute atomic E-state index is 12.9. The van der Waals surface area contributed by atoms with Crippen LogP contribution >= 0.6 is 11.3 Å². The number of rotatable bonds is 9. The van der Waals surface area contributed by atoms with Gasteiger partial charge in [0.05, 0.1) is 31.1 Å². The Hall–Kier alpha value is -3.59. The maximum atomic E-state index is 12.9. The lowest BCUT2D eigenvalue weighted by molar-refractivity contribution is -0.152. The molecule has 0 bridgehead atoms. The van der Waals surface area contributed by atoms with Gasteiger partial charge in [-0.1, -0.05) is 12.1 Å². The molecule has 33 heavy (non-hydrogen) atoms. The van der Waals surface area contributed by atoms with E-state index in [2.05, 4.69) is 5.10 Å². The number of aryl methyl sites for hydroxylation is 1. The fourth-order valence-electron chi connectivity index (χ4n) is 3.60. The van der Waals surface area contributed by atoms with Crippen molar-refractivity contribution in [3.05, 3.63) is 70.3 Å². The number of carbonyl (C=O) groups is 2. The quantitative estimate of drug-likeness (QED) is 0.437. The molecule has 0 saturated heterocycles. The van der Waals surface area contributed by atoms with E-state index in [1.807, 2.05) is 35.7 Å². The number of hydrogen-bond donors (Lipinski definition) is 0. The molecular weight excluding hydrogens is 444 g/mol. The van der Waals surface area contributed by atoms with Crippen molar-refractivity contribution in [2.45, 2.75) is 25.3 Å². The Kier molecular flexibility index (Phi) is 7.09. The van der Waals surface area contributed by atoms with Crippen molar-refractivity contribution in [1.82, 2.24) is 5.01 Å². The van der Waals surface area contributed by atoms with Gasteiger partial charge in [0.25, 0.3) is 5.91 Å². The number of carbonyl (C=O) groups excluding carboxylic acids is 2. The van der Waals surface area contributed by atoms with Gasteiger partial charge in [-0.25, -0.2) is 5.01 Å². The zero-order valence-electron chi connectivity index (χ0n) is 18.4. The van der Waals surface area contributed by atoms with E-state index in [1.165, 1.54) is 5.01 Å². The fourth-order valence-corrected chi connectivity index (χ4v) is 4.32. The largest absolute Gasteiger partial charge is 0.493 e. The molecule has 1 aliphatic heterocycles. The van der Waals surface area contributed by atoms with E-state index < -0.39 is 11.9 Å². The van der Waals surface area contributed by atoms with Crippen molar-refractivity contribution in [1.29, 1.82) is 0 Å². The highest BCUT2D eigenvalue weighted by Gasteiger charge is 2.35. The van der Waals surface area contributed by atoms with E-state index in [4.69, 9.17) is 18.6 Å². The third-order valence-corrected chi connectivity index (χ3v) is 6.18. The van der Waals surface area contributed by atoms with E-state index >= 15 is 0 Å². The smallest absolute Gasteiger partial charge is 0.306 e. The van der Waals surface area contributed by atoms with E-state index in [0.717, 1.165) is 16.2 Å². The summed E-state index contributed by atoms with van der Waals surface area (Å²) < 4.78 is 21.3. The number of methoxy groups -OCH3 is 2. The van der Waals surface area contributed by atoms with Crippen LogP contribution in [0.15, 0.2) is 63.6 Å². The molecule has 3 aromatic rings. The number of ether oxygens (including phenoxy) is 3. The topological polar surface area (TPSA) is 90.6 Å². The van der Waals surface area contributed by atoms with Crippen molar-refractivity contribution < 1.29 is 28.2 Å². The molecule has 0 N–H and O–H groups in total. The van der Waals surface area contributed by atoms with E-state index in [9.17, 15) is 9.59 Å². The number of benzene rings is 1. The summed E-state index contributed by atoms with van der Waals surface area (Å²) in [5.74, 6) is 0.986. The summed E-state index contributed by atoms with van der Waals surface area (Å²) >= 11 is 1.56. The average molecular weight is 469 g/mol. The molecule has 1 atom stereocenters. The summed E-state index contributed by atoms with van der Waals surface area (Å²) in [4.78, 5) is 26.1. The molecule has 8 nitrogen and oxygen atoms in total. The zero-order valence-corrected chi connectivity index (χ0v) is 19.2. The fraction of sp³-hybridized carbons (Fsp3) is 0.292. The van der Waals surface area contributed by atoms with Gasteiger partial charge in [0.15, 0.2) is 18.1 Å². The molecule has 0 aliphatic carbocycles. The van der Waals surface area contributed by atoms with Crippen LogP contribution in [0.4, 0.5) is 0 Å². The maximum Gasteiger partial charge on any atom is 0.306 e. The van der Waals surface area contributed by atoms with Gasteiger partial charge in [-0.05, 0) is 47.7 Å². The van der Waals surface area contributed by atoms with Gasteiger partial charge in [0.1, 0.15) is 11.8 Å². The van der Waals surface area contributed by atoms with E-state index in [1.54, 1.807) is 44.0 Å². The Morgan fingerprint density at radius 1 is 1.15 bits per heavy atom. The second-order valence-corrected chi connectivity index (χ2v) is 8.30. The molecule has 1 aliphatic rings. The normalized spacial score (nSPS) is 15.3. The molecule has 4 rings (SSSR count). The number of thiophene rings is 1. The van der Waals surface area contributed by atoms with Gasteiger partial charge in [-0.3, -0.25) is 9.59 Å². The molecule has 0 fully saturated rings. The van der Waals surface area contributed by atoms with Crippen LogP contribution in [-0.2, 0) is 20.7 Å². The van der Waals surface area contributed by atoms with Gasteiger partial charge in [-0.2, -0.15) is 5.10 Å². The van der Waals surface area contributed by atoms with Crippen molar-refractivity contribution in [3.8, 4) is 11.5 Å².